The minimum absolute atomic E-state index is 0.190. The molecule has 0 aliphatic heterocycles. The van der Waals surface area contributed by atoms with E-state index in [1.165, 1.54) is 11.1 Å². The van der Waals surface area contributed by atoms with E-state index in [1.54, 1.807) is 12.4 Å². The van der Waals surface area contributed by atoms with Crippen LogP contribution in [0.2, 0.25) is 0 Å². The van der Waals surface area contributed by atoms with E-state index < -0.39 is 0 Å². The molecule has 2 N–H and O–H groups in total. The number of hydrogen-bond donors (Lipinski definition) is 2. The molecule has 0 radical (unpaired) electrons. The molecule has 2 aromatic rings. The highest BCUT2D eigenvalue weighted by molar-refractivity contribution is 5.85. The summed E-state index contributed by atoms with van der Waals surface area (Å²) in [4.78, 5) is 9.01. The summed E-state index contributed by atoms with van der Waals surface area (Å²) in [6.07, 6.45) is 6.24. The Morgan fingerprint density at radius 3 is 1.36 bits per heavy atom. The van der Waals surface area contributed by atoms with E-state index in [-0.39, 0.29) is 10.8 Å². The van der Waals surface area contributed by atoms with Gasteiger partial charge in [-0.2, -0.15) is 0 Å². The first-order chi connectivity index (χ1) is 15.2. The Labute approximate surface area is 200 Å². The largest absolute Gasteiger partial charge is 0.507 e. The first kappa shape index (κ1) is 26.6. The molecule has 0 saturated carbocycles. The van der Waals surface area contributed by atoms with Crippen LogP contribution >= 0.6 is 0 Å². The van der Waals surface area contributed by atoms with Crippen molar-refractivity contribution in [1.29, 1.82) is 0 Å². The smallest absolute Gasteiger partial charge is 0.127 e. The van der Waals surface area contributed by atoms with Crippen LogP contribution in [0.4, 0.5) is 0 Å². The predicted octanol–water partition coefficient (Wildman–Crippen LogP) is 6.82. The molecule has 0 bridgehead atoms. The Hall–Kier alpha value is -2.62. The van der Waals surface area contributed by atoms with E-state index >= 15 is 0 Å². The molecule has 0 amide bonds. The summed E-state index contributed by atoms with van der Waals surface area (Å²) in [5, 5.41) is 20.8. The molecule has 33 heavy (non-hydrogen) atoms. The third-order valence-electron chi connectivity index (χ3n) is 5.28. The van der Waals surface area contributed by atoms with Crippen molar-refractivity contribution in [2.24, 2.45) is 20.8 Å². The molecule has 0 heterocycles. The lowest BCUT2D eigenvalue weighted by atomic mass is 9.87. The van der Waals surface area contributed by atoms with Crippen LogP contribution in [0.25, 0.3) is 0 Å². The van der Waals surface area contributed by atoms with Gasteiger partial charge >= 0.3 is 0 Å². The number of aliphatic imine (C=N–C) groups is 2. The normalized spacial score (nSPS) is 12.8. The first-order valence-electron chi connectivity index (χ1n) is 11.9. The molecule has 0 atom stereocenters. The quantitative estimate of drug-likeness (QED) is 0.342. The van der Waals surface area contributed by atoms with Gasteiger partial charge in [-0.1, -0.05) is 53.7 Å². The van der Waals surface area contributed by atoms with Gasteiger partial charge in [-0.05, 0) is 78.3 Å². The fraction of sp³-hybridized carbons (Fsp3) is 0.517. The zero-order valence-corrected chi connectivity index (χ0v) is 21.8. The number of phenolic OH excluding ortho intramolecular Hbond substituents is 2. The third kappa shape index (κ3) is 9.03. The number of benzene rings is 2. The molecule has 2 rings (SSSR count). The minimum Gasteiger partial charge on any atom is -0.507 e. The Morgan fingerprint density at radius 2 is 1.03 bits per heavy atom. The van der Waals surface area contributed by atoms with Gasteiger partial charge < -0.3 is 10.2 Å². The average molecular weight is 451 g/mol. The minimum atomic E-state index is 0.190. The van der Waals surface area contributed by atoms with Crippen molar-refractivity contribution >= 4 is 12.4 Å². The summed E-state index contributed by atoms with van der Waals surface area (Å²) in [6.45, 7) is 18.4. The SMILES string of the molecule is Cc1cc(CC(C)(C)C)cc(C=NCCCN=Cc2cc(CC(C)(C)C)cc(C)c2O)c1O. The van der Waals surface area contributed by atoms with Gasteiger partial charge in [-0.25, -0.2) is 0 Å². The van der Waals surface area contributed by atoms with Crippen molar-refractivity contribution < 1.29 is 10.2 Å². The first-order valence-corrected chi connectivity index (χ1v) is 11.9. The number of phenols is 2. The molecule has 0 spiro atoms. The van der Waals surface area contributed by atoms with Crippen LogP contribution in [-0.4, -0.2) is 35.7 Å². The van der Waals surface area contributed by atoms with Gasteiger partial charge in [0.1, 0.15) is 11.5 Å². The van der Waals surface area contributed by atoms with Crippen molar-refractivity contribution in [1.82, 2.24) is 0 Å². The van der Waals surface area contributed by atoms with Crippen LogP contribution in [0, 0.1) is 24.7 Å². The van der Waals surface area contributed by atoms with Gasteiger partial charge in [-0.15, -0.1) is 0 Å². The summed E-state index contributed by atoms with van der Waals surface area (Å²) in [5.41, 5.74) is 6.12. The second kappa shape index (κ2) is 11.0. The number of aryl methyl sites for hydroxylation is 2. The molecule has 0 aliphatic rings. The standard InChI is InChI=1S/C29H42N2O2/c1-20-12-22(16-28(3,4)5)14-24(26(20)32)18-30-10-9-11-31-19-25-15-23(17-29(6,7)8)13-21(2)27(25)33/h12-15,18-19,32-33H,9-11,16-17H2,1-8H3. The third-order valence-corrected chi connectivity index (χ3v) is 5.28. The monoisotopic (exact) mass is 450 g/mol. The average Bonchev–Trinajstić information content (AvgIpc) is 2.65. The van der Waals surface area contributed by atoms with Gasteiger partial charge in [0.25, 0.3) is 0 Å². The van der Waals surface area contributed by atoms with E-state index in [0.29, 0.717) is 24.6 Å². The fourth-order valence-corrected chi connectivity index (χ4v) is 3.97. The molecule has 0 fully saturated rings. The Morgan fingerprint density at radius 1 is 0.667 bits per heavy atom. The van der Waals surface area contributed by atoms with Crippen LogP contribution in [0.1, 0.15) is 81.3 Å². The maximum atomic E-state index is 10.4. The zero-order chi connectivity index (χ0) is 24.8. The van der Waals surface area contributed by atoms with Crippen LogP contribution < -0.4 is 0 Å². The van der Waals surface area contributed by atoms with Crippen molar-refractivity contribution in [3.8, 4) is 11.5 Å². The molecule has 0 saturated heterocycles. The summed E-state index contributed by atoms with van der Waals surface area (Å²) >= 11 is 0. The van der Waals surface area contributed by atoms with Gasteiger partial charge in [0.2, 0.25) is 0 Å². The zero-order valence-electron chi connectivity index (χ0n) is 21.8. The van der Waals surface area contributed by atoms with Crippen LogP contribution in [0.15, 0.2) is 34.3 Å². The summed E-state index contributed by atoms with van der Waals surface area (Å²) < 4.78 is 0. The fourth-order valence-electron chi connectivity index (χ4n) is 3.97. The van der Waals surface area contributed by atoms with E-state index in [0.717, 1.165) is 41.5 Å². The molecule has 4 nitrogen and oxygen atoms in total. The molecule has 0 aromatic heterocycles. The highest BCUT2D eigenvalue weighted by atomic mass is 16.3. The summed E-state index contributed by atoms with van der Waals surface area (Å²) in [5.74, 6) is 0.603. The lowest BCUT2D eigenvalue weighted by Gasteiger charge is -2.19. The van der Waals surface area contributed by atoms with Gasteiger partial charge in [0.15, 0.2) is 0 Å². The van der Waals surface area contributed by atoms with Crippen LogP contribution in [0.5, 0.6) is 11.5 Å². The van der Waals surface area contributed by atoms with E-state index in [1.807, 2.05) is 26.0 Å². The number of nitrogens with zero attached hydrogens (tertiary/aromatic N) is 2. The summed E-state index contributed by atoms with van der Waals surface area (Å²) in [7, 11) is 0. The van der Waals surface area contributed by atoms with Crippen molar-refractivity contribution in [2.45, 2.75) is 74.7 Å². The van der Waals surface area contributed by atoms with Crippen molar-refractivity contribution in [3.63, 3.8) is 0 Å². The molecule has 4 heteroatoms. The number of rotatable bonds is 8. The predicted molar refractivity (Wildman–Crippen MR) is 142 cm³/mol. The van der Waals surface area contributed by atoms with Gasteiger partial charge in [0.05, 0.1) is 0 Å². The van der Waals surface area contributed by atoms with Gasteiger partial charge in [0, 0.05) is 36.6 Å². The van der Waals surface area contributed by atoms with Crippen LogP contribution in [0.3, 0.4) is 0 Å². The number of aromatic hydroxyl groups is 2. The molecule has 0 unspecified atom stereocenters. The Balaban J connectivity index is 1.96. The van der Waals surface area contributed by atoms with Crippen molar-refractivity contribution in [3.05, 3.63) is 57.6 Å². The second-order valence-corrected chi connectivity index (χ2v) is 11.6. The highest BCUT2D eigenvalue weighted by Gasteiger charge is 2.15. The molecular formula is C29H42N2O2. The molecule has 180 valence electrons. The number of hydrogen-bond acceptors (Lipinski definition) is 4. The van der Waals surface area contributed by atoms with E-state index in [9.17, 15) is 10.2 Å². The summed E-state index contributed by atoms with van der Waals surface area (Å²) in [6, 6.07) is 8.18. The Kier molecular flexibility index (Phi) is 8.88. The molecule has 2 aromatic carbocycles. The van der Waals surface area contributed by atoms with Gasteiger partial charge in [-0.3, -0.25) is 9.98 Å². The topological polar surface area (TPSA) is 65.2 Å². The molecular weight excluding hydrogens is 408 g/mol. The Bertz CT molecular complexity index is 924. The molecule has 0 aliphatic carbocycles. The second-order valence-electron chi connectivity index (χ2n) is 11.6. The lowest BCUT2D eigenvalue weighted by molar-refractivity contribution is 0.410. The van der Waals surface area contributed by atoms with E-state index in [4.69, 9.17) is 0 Å². The van der Waals surface area contributed by atoms with Crippen molar-refractivity contribution in [2.75, 3.05) is 13.1 Å². The highest BCUT2D eigenvalue weighted by Crippen LogP contribution is 2.28. The maximum Gasteiger partial charge on any atom is 0.127 e. The maximum absolute atomic E-state index is 10.4. The van der Waals surface area contributed by atoms with E-state index in [2.05, 4.69) is 63.7 Å². The van der Waals surface area contributed by atoms with Crippen LogP contribution in [-0.2, 0) is 12.8 Å². The lowest BCUT2D eigenvalue weighted by Crippen LogP contribution is -2.09.